The summed E-state index contributed by atoms with van der Waals surface area (Å²) in [5, 5.41) is 12.0. The number of nitrogens with one attached hydrogen (secondary N) is 1. The smallest absolute Gasteiger partial charge is 0.240 e. The van der Waals surface area contributed by atoms with E-state index < -0.39 is 23.8 Å². The summed E-state index contributed by atoms with van der Waals surface area (Å²) in [6.45, 7) is 1.81. The lowest BCUT2D eigenvalue weighted by molar-refractivity contribution is -0.124. The minimum Gasteiger partial charge on any atom is -0.369 e. The Hall–Kier alpha value is -2.73. The minimum absolute atomic E-state index is 0.119. The van der Waals surface area contributed by atoms with Crippen LogP contribution < -0.4 is 16.8 Å². The van der Waals surface area contributed by atoms with E-state index in [1.807, 2.05) is 6.07 Å². The molecule has 9 heteroatoms. The predicted octanol–water partition coefficient (Wildman–Crippen LogP) is 0.359. The Kier molecular flexibility index (Phi) is 7.58. The molecule has 0 fully saturated rings. The molecule has 0 aliphatic carbocycles. The zero-order valence-corrected chi connectivity index (χ0v) is 14.1. The highest BCUT2D eigenvalue weighted by Crippen LogP contribution is 2.15. The van der Waals surface area contributed by atoms with Gasteiger partial charge in [-0.05, 0) is 30.8 Å². The first kappa shape index (κ1) is 19.3. The number of nitrogens with two attached hydrogens (primary N) is 2. The second-order valence-corrected chi connectivity index (χ2v) is 5.61. The molecule has 1 heterocycles. The number of hydrogen-bond donors (Lipinski definition) is 3. The Morgan fingerprint density at radius 3 is 2.50 bits per heavy atom. The lowest BCUT2D eigenvalue weighted by Gasteiger charge is -2.32. The van der Waals surface area contributed by atoms with Gasteiger partial charge in [-0.1, -0.05) is 6.92 Å². The van der Waals surface area contributed by atoms with Crippen LogP contribution in [0.15, 0.2) is 24.5 Å². The van der Waals surface area contributed by atoms with E-state index in [2.05, 4.69) is 10.3 Å². The second kappa shape index (κ2) is 9.42. The summed E-state index contributed by atoms with van der Waals surface area (Å²) in [7, 11) is 0. The van der Waals surface area contributed by atoms with Crippen LogP contribution in [0.1, 0.15) is 19.8 Å². The third-order valence-electron chi connectivity index (χ3n) is 3.42. The molecule has 0 aliphatic rings. The number of rotatable bonds is 8. The minimum atomic E-state index is -0.845. The number of nitrogens with zero attached hydrogens (tertiary/aromatic N) is 3. The lowest BCUT2D eigenvalue weighted by atomic mass is 9.99. The van der Waals surface area contributed by atoms with Crippen LogP contribution in [0.4, 0.5) is 5.69 Å². The molecule has 8 nitrogen and oxygen atoms in total. The molecule has 128 valence electrons. The Labute approximate surface area is 145 Å². The van der Waals surface area contributed by atoms with Crippen LogP contribution in [0.25, 0.3) is 0 Å². The van der Waals surface area contributed by atoms with Gasteiger partial charge in [0.1, 0.15) is 6.04 Å². The van der Waals surface area contributed by atoms with Gasteiger partial charge < -0.3 is 21.7 Å². The summed E-state index contributed by atoms with van der Waals surface area (Å²) >= 11 is 5.35. The molecule has 0 aliphatic heterocycles. The van der Waals surface area contributed by atoms with Crippen molar-refractivity contribution in [2.75, 3.05) is 11.9 Å². The van der Waals surface area contributed by atoms with E-state index in [0.29, 0.717) is 5.69 Å². The Bertz CT molecular complexity index is 631. The van der Waals surface area contributed by atoms with Gasteiger partial charge in [-0.15, -0.1) is 0 Å². The van der Waals surface area contributed by atoms with Crippen LogP contribution >= 0.6 is 12.2 Å². The average Bonchev–Trinajstić information content (AvgIpc) is 2.54. The Morgan fingerprint density at radius 1 is 1.38 bits per heavy atom. The number of primary amides is 2. The largest absolute Gasteiger partial charge is 0.369 e. The van der Waals surface area contributed by atoms with Gasteiger partial charge >= 0.3 is 0 Å². The van der Waals surface area contributed by atoms with Gasteiger partial charge in [0.2, 0.25) is 11.8 Å². The van der Waals surface area contributed by atoms with Crippen LogP contribution in [-0.4, -0.2) is 39.4 Å². The van der Waals surface area contributed by atoms with Crippen LogP contribution in [0.5, 0.6) is 0 Å². The number of anilines is 1. The van der Waals surface area contributed by atoms with E-state index in [1.165, 1.54) is 4.90 Å². The van der Waals surface area contributed by atoms with Crippen molar-refractivity contribution >= 4 is 34.8 Å². The van der Waals surface area contributed by atoms with E-state index >= 15 is 0 Å². The monoisotopic (exact) mass is 348 g/mol. The quantitative estimate of drug-likeness (QED) is 0.576. The summed E-state index contributed by atoms with van der Waals surface area (Å²) in [6.07, 6.45) is 3.44. The van der Waals surface area contributed by atoms with Crippen LogP contribution in [0, 0.1) is 17.2 Å². The third-order valence-corrected chi connectivity index (χ3v) is 3.76. The maximum atomic E-state index is 11.9. The molecule has 0 bridgehead atoms. The normalized spacial score (nSPS) is 12.5. The van der Waals surface area contributed by atoms with Crippen LogP contribution in [0.3, 0.4) is 0 Å². The zero-order chi connectivity index (χ0) is 18.1. The summed E-state index contributed by atoms with van der Waals surface area (Å²) in [5.41, 5.74) is 11.4. The number of hydrogen-bond acceptors (Lipinski definition) is 5. The second-order valence-electron chi connectivity index (χ2n) is 5.22. The first-order valence-electron chi connectivity index (χ1n) is 7.30. The predicted molar refractivity (Wildman–Crippen MR) is 93.4 cm³/mol. The van der Waals surface area contributed by atoms with Gasteiger partial charge in [-0.3, -0.25) is 14.6 Å². The van der Waals surface area contributed by atoms with Crippen molar-refractivity contribution in [3.05, 3.63) is 24.5 Å². The molecule has 1 aromatic rings. The highest BCUT2D eigenvalue weighted by molar-refractivity contribution is 7.80. The summed E-state index contributed by atoms with van der Waals surface area (Å²) in [5.74, 6) is -1.73. The van der Waals surface area contributed by atoms with E-state index in [9.17, 15) is 9.59 Å². The maximum Gasteiger partial charge on any atom is 0.240 e. The van der Waals surface area contributed by atoms with Crippen molar-refractivity contribution in [1.82, 2.24) is 9.88 Å². The highest BCUT2D eigenvalue weighted by Gasteiger charge is 2.29. The Balaban J connectivity index is 2.98. The number of nitriles is 1. The van der Waals surface area contributed by atoms with E-state index in [4.69, 9.17) is 28.9 Å². The maximum absolute atomic E-state index is 11.9. The Morgan fingerprint density at radius 2 is 2.00 bits per heavy atom. The fourth-order valence-electron chi connectivity index (χ4n) is 2.05. The molecule has 0 saturated carbocycles. The fraction of sp³-hybridized carbons (Fsp3) is 0.400. The topological polar surface area (TPSA) is 138 Å². The summed E-state index contributed by atoms with van der Waals surface area (Å²) < 4.78 is 0. The van der Waals surface area contributed by atoms with Gasteiger partial charge in [0.15, 0.2) is 5.11 Å². The number of aromatic nitrogens is 1. The molecule has 2 unspecified atom stereocenters. The molecule has 1 aromatic heterocycles. The van der Waals surface area contributed by atoms with E-state index in [1.54, 1.807) is 31.5 Å². The lowest BCUT2D eigenvalue weighted by Crippen LogP contribution is -2.51. The van der Waals surface area contributed by atoms with Crippen molar-refractivity contribution in [2.24, 2.45) is 17.4 Å². The zero-order valence-electron chi connectivity index (χ0n) is 13.3. The van der Waals surface area contributed by atoms with Gasteiger partial charge in [0.05, 0.1) is 12.5 Å². The van der Waals surface area contributed by atoms with Gasteiger partial charge in [-0.25, -0.2) is 0 Å². The van der Waals surface area contributed by atoms with Crippen molar-refractivity contribution in [3.63, 3.8) is 0 Å². The van der Waals surface area contributed by atoms with E-state index in [-0.39, 0.29) is 24.5 Å². The number of carbonyl (C=O) groups is 2. The molecule has 2 atom stereocenters. The molecule has 1 rings (SSSR count). The first-order valence-corrected chi connectivity index (χ1v) is 7.70. The van der Waals surface area contributed by atoms with Gasteiger partial charge in [0, 0.05) is 30.5 Å². The molecule has 2 amide bonds. The standard InChI is InChI=1S/C15H20N6O2S/c1-10(13(17)22)9-12(14(18)23)21(8-2-5-16)15(24)20-11-3-6-19-7-4-11/h3-4,6-7,10,12H,2,8-9H2,1H3,(H2,17,22)(H2,18,23)(H,19,20,24). The number of pyridine rings is 1. The molecule has 0 radical (unpaired) electrons. The van der Waals surface area contributed by atoms with Crippen molar-refractivity contribution < 1.29 is 9.59 Å². The van der Waals surface area contributed by atoms with Crippen molar-refractivity contribution in [3.8, 4) is 6.07 Å². The molecular weight excluding hydrogens is 328 g/mol. The highest BCUT2D eigenvalue weighted by atomic mass is 32.1. The average molecular weight is 348 g/mol. The van der Waals surface area contributed by atoms with Gasteiger partial charge in [-0.2, -0.15) is 5.26 Å². The molecule has 0 saturated heterocycles. The SMILES string of the molecule is CC(CC(C(N)=O)N(CCC#N)C(=S)Nc1ccncc1)C(N)=O. The molecule has 0 spiro atoms. The molecule has 5 N–H and O–H groups in total. The van der Waals surface area contributed by atoms with Crippen LogP contribution in [0.2, 0.25) is 0 Å². The van der Waals surface area contributed by atoms with Crippen molar-refractivity contribution in [2.45, 2.75) is 25.8 Å². The number of carbonyl (C=O) groups excluding carboxylic acids is 2. The molecule has 0 aromatic carbocycles. The third kappa shape index (κ3) is 5.81. The number of amides is 2. The van der Waals surface area contributed by atoms with E-state index in [0.717, 1.165) is 0 Å². The summed E-state index contributed by atoms with van der Waals surface area (Å²) in [6, 6.07) is 4.58. The van der Waals surface area contributed by atoms with Crippen molar-refractivity contribution in [1.29, 1.82) is 5.26 Å². The number of thiocarbonyl (C=S) groups is 1. The molecule has 24 heavy (non-hydrogen) atoms. The first-order chi connectivity index (χ1) is 11.4. The summed E-state index contributed by atoms with van der Waals surface area (Å²) in [4.78, 5) is 28.6. The molecular formula is C15H20N6O2S. The fourth-order valence-corrected chi connectivity index (χ4v) is 2.38. The van der Waals surface area contributed by atoms with Crippen LogP contribution in [-0.2, 0) is 9.59 Å². The van der Waals surface area contributed by atoms with Gasteiger partial charge in [0.25, 0.3) is 0 Å².